The lowest BCUT2D eigenvalue weighted by atomic mass is 10.2. The summed E-state index contributed by atoms with van der Waals surface area (Å²) in [5.74, 6) is 0.649. The fraction of sp³-hybridized carbons (Fsp3) is 0.412. The van der Waals surface area contributed by atoms with Crippen molar-refractivity contribution in [2.75, 3.05) is 11.9 Å². The Kier molecular flexibility index (Phi) is 4.97. The van der Waals surface area contributed by atoms with Crippen LogP contribution in [0.5, 0.6) is 5.75 Å². The van der Waals surface area contributed by atoms with Crippen molar-refractivity contribution in [3.8, 4) is 5.75 Å². The summed E-state index contributed by atoms with van der Waals surface area (Å²) in [5, 5.41) is 18.0. The topological polar surface area (TPSA) is 99.3 Å². The molecule has 8 nitrogen and oxygen atoms in total. The van der Waals surface area contributed by atoms with E-state index in [0.717, 1.165) is 12.8 Å². The smallest absolute Gasteiger partial charge is 0.276 e. The van der Waals surface area contributed by atoms with Crippen molar-refractivity contribution in [2.45, 2.75) is 38.6 Å². The van der Waals surface area contributed by atoms with E-state index in [0.29, 0.717) is 23.2 Å². The molecule has 1 aromatic carbocycles. The lowest BCUT2D eigenvalue weighted by Crippen LogP contribution is -2.23. The van der Waals surface area contributed by atoms with Crippen LogP contribution in [0.3, 0.4) is 0 Å². The SMILES string of the molecule is Cc1c(OCC(=O)Nc2ccnn2C2CCCC2)cccc1[N+](=O)[O-]. The van der Waals surface area contributed by atoms with E-state index in [4.69, 9.17) is 4.74 Å². The van der Waals surface area contributed by atoms with Crippen molar-refractivity contribution in [1.82, 2.24) is 9.78 Å². The molecule has 1 N–H and O–H groups in total. The van der Waals surface area contributed by atoms with Gasteiger partial charge in [0.05, 0.1) is 22.7 Å². The molecule has 25 heavy (non-hydrogen) atoms. The summed E-state index contributed by atoms with van der Waals surface area (Å²) in [6, 6.07) is 6.63. The number of hydrogen-bond acceptors (Lipinski definition) is 5. The van der Waals surface area contributed by atoms with Crippen molar-refractivity contribution >= 4 is 17.4 Å². The molecular formula is C17H20N4O4. The van der Waals surface area contributed by atoms with Crippen molar-refractivity contribution in [1.29, 1.82) is 0 Å². The van der Waals surface area contributed by atoms with Gasteiger partial charge in [0.1, 0.15) is 11.6 Å². The van der Waals surface area contributed by atoms with Gasteiger partial charge in [-0.25, -0.2) is 4.68 Å². The van der Waals surface area contributed by atoms with Gasteiger partial charge in [0.25, 0.3) is 11.6 Å². The van der Waals surface area contributed by atoms with E-state index in [2.05, 4.69) is 10.4 Å². The fourth-order valence-corrected chi connectivity index (χ4v) is 3.13. The van der Waals surface area contributed by atoms with Crippen LogP contribution in [0, 0.1) is 17.0 Å². The Morgan fingerprint density at radius 2 is 2.16 bits per heavy atom. The second-order valence-electron chi connectivity index (χ2n) is 6.09. The first-order valence-corrected chi connectivity index (χ1v) is 8.26. The lowest BCUT2D eigenvalue weighted by Gasteiger charge is -2.15. The van der Waals surface area contributed by atoms with E-state index in [9.17, 15) is 14.9 Å². The normalized spacial score (nSPS) is 14.4. The molecule has 3 rings (SSSR count). The number of nitro benzene ring substituents is 1. The minimum Gasteiger partial charge on any atom is -0.483 e. The monoisotopic (exact) mass is 344 g/mol. The number of ether oxygens (including phenoxy) is 1. The maximum Gasteiger partial charge on any atom is 0.276 e. The van der Waals surface area contributed by atoms with Gasteiger partial charge in [-0.3, -0.25) is 14.9 Å². The molecule has 0 spiro atoms. The first-order valence-electron chi connectivity index (χ1n) is 8.26. The van der Waals surface area contributed by atoms with Crippen LogP contribution in [0.4, 0.5) is 11.5 Å². The molecule has 0 radical (unpaired) electrons. The van der Waals surface area contributed by atoms with Crippen LogP contribution < -0.4 is 10.1 Å². The van der Waals surface area contributed by atoms with Crippen LogP contribution in [0.25, 0.3) is 0 Å². The summed E-state index contributed by atoms with van der Waals surface area (Å²) in [6.07, 6.45) is 6.14. The van der Waals surface area contributed by atoms with Gasteiger partial charge in [-0.05, 0) is 25.8 Å². The summed E-state index contributed by atoms with van der Waals surface area (Å²) in [7, 11) is 0. The molecule has 132 valence electrons. The number of amides is 1. The van der Waals surface area contributed by atoms with Crippen LogP contribution in [-0.2, 0) is 4.79 Å². The number of aromatic nitrogens is 2. The van der Waals surface area contributed by atoms with Gasteiger partial charge < -0.3 is 10.1 Å². The Labute approximate surface area is 144 Å². The Morgan fingerprint density at radius 3 is 2.88 bits per heavy atom. The molecule has 0 atom stereocenters. The van der Waals surface area contributed by atoms with Crippen molar-refractivity contribution in [3.05, 3.63) is 46.1 Å². The van der Waals surface area contributed by atoms with Gasteiger partial charge in [0.2, 0.25) is 0 Å². The number of benzene rings is 1. The number of nitrogens with one attached hydrogen (secondary N) is 1. The zero-order valence-corrected chi connectivity index (χ0v) is 14.0. The van der Waals surface area contributed by atoms with Gasteiger partial charge in [-0.1, -0.05) is 18.9 Å². The Morgan fingerprint density at radius 1 is 1.40 bits per heavy atom. The Balaban J connectivity index is 1.62. The second-order valence-corrected chi connectivity index (χ2v) is 6.09. The minimum absolute atomic E-state index is 0.0304. The molecule has 0 unspecified atom stereocenters. The third kappa shape index (κ3) is 3.78. The fourth-order valence-electron chi connectivity index (χ4n) is 3.13. The maximum atomic E-state index is 12.2. The van der Waals surface area contributed by atoms with Gasteiger partial charge >= 0.3 is 0 Å². The Hall–Kier alpha value is -2.90. The quantitative estimate of drug-likeness (QED) is 0.640. The summed E-state index contributed by atoms with van der Waals surface area (Å²) in [6.45, 7) is 1.37. The molecule has 1 aromatic heterocycles. The minimum atomic E-state index is -0.470. The zero-order chi connectivity index (χ0) is 17.8. The molecule has 0 saturated heterocycles. The average molecular weight is 344 g/mol. The standard InChI is InChI=1S/C17H20N4O4/c1-12-14(21(23)24)7-4-8-15(12)25-11-17(22)19-16-9-10-18-20(16)13-5-2-3-6-13/h4,7-10,13H,2-3,5-6,11H2,1H3,(H,19,22). The summed E-state index contributed by atoms with van der Waals surface area (Å²) in [5.41, 5.74) is 0.369. The molecule has 2 aromatic rings. The first kappa shape index (κ1) is 16.9. The summed E-state index contributed by atoms with van der Waals surface area (Å²) >= 11 is 0. The molecule has 1 heterocycles. The van der Waals surface area contributed by atoms with Crippen LogP contribution in [-0.4, -0.2) is 27.2 Å². The lowest BCUT2D eigenvalue weighted by molar-refractivity contribution is -0.385. The van der Waals surface area contributed by atoms with E-state index in [-0.39, 0.29) is 18.2 Å². The van der Waals surface area contributed by atoms with Crippen LogP contribution >= 0.6 is 0 Å². The molecule has 1 aliphatic rings. The number of anilines is 1. The molecule has 1 saturated carbocycles. The van der Waals surface area contributed by atoms with Crippen molar-refractivity contribution in [2.24, 2.45) is 0 Å². The number of carbonyl (C=O) groups excluding carboxylic acids is 1. The van der Waals surface area contributed by atoms with E-state index in [1.54, 1.807) is 25.3 Å². The van der Waals surface area contributed by atoms with E-state index in [1.165, 1.54) is 25.0 Å². The van der Waals surface area contributed by atoms with Gasteiger partial charge in [-0.15, -0.1) is 0 Å². The van der Waals surface area contributed by atoms with Gasteiger partial charge in [0, 0.05) is 12.1 Å². The highest BCUT2D eigenvalue weighted by atomic mass is 16.6. The molecule has 1 aliphatic carbocycles. The predicted molar refractivity (Wildman–Crippen MR) is 91.7 cm³/mol. The third-order valence-electron chi connectivity index (χ3n) is 4.42. The maximum absolute atomic E-state index is 12.2. The largest absolute Gasteiger partial charge is 0.483 e. The van der Waals surface area contributed by atoms with Crippen molar-refractivity contribution < 1.29 is 14.5 Å². The Bertz CT molecular complexity index is 781. The number of nitrogens with zero attached hydrogens (tertiary/aromatic N) is 3. The molecule has 1 amide bonds. The number of nitro groups is 1. The van der Waals surface area contributed by atoms with E-state index < -0.39 is 4.92 Å². The molecule has 0 aliphatic heterocycles. The number of rotatable bonds is 6. The van der Waals surface area contributed by atoms with Crippen LogP contribution in [0.15, 0.2) is 30.5 Å². The average Bonchev–Trinajstić information content (AvgIpc) is 3.24. The number of carbonyl (C=O) groups is 1. The van der Waals surface area contributed by atoms with E-state index >= 15 is 0 Å². The zero-order valence-electron chi connectivity index (χ0n) is 14.0. The highest BCUT2D eigenvalue weighted by Gasteiger charge is 2.21. The molecular weight excluding hydrogens is 324 g/mol. The van der Waals surface area contributed by atoms with Crippen LogP contribution in [0.1, 0.15) is 37.3 Å². The number of hydrogen-bond donors (Lipinski definition) is 1. The molecule has 8 heteroatoms. The van der Waals surface area contributed by atoms with E-state index in [1.807, 2.05) is 4.68 Å². The molecule has 1 fully saturated rings. The van der Waals surface area contributed by atoms with Crippen molar-refractivity contribution in [3.63, 3.8) is 0 Å². The first-order chi connectivity index (χ1) is 12.1. The summed E-state index contributed by atoms with van der Waals surface area (Å²) < 4.78 is 7.31. The highest BCUT2D eigenvalue weighted by molar-refractivity contribution is 5.91. The van der Waals surface area contributed by atoms with Gasteiger partial charge in [-0.2, -0.15) is 5.10 Å². The predicted octanol–water partition coefficient (Wildman–Crippen LogP) is 3.23. The third-order valence-corrected chi connectivity index (χ3v) is 4.42. The molecule has 0 bridgehead atoms. The van der Waals surface area contributed by atoms with Crippen LogP contribution in [0.2, 0.25) is 0 Å². The van der Waals surface area contributed by atoms with Gasteiger partial charge in [0.15, 0.2) is 6.61 Å². The highest BCUT2D eigenvalue weighted by Crippen LogP contribution is 2.31. The second kappa shape index (κ2) is 7.33. The summed E-state index contributed by atoms with van der Waals surface area (Å²) in [4.78, 5) is 22.6.